The van der Waals surface area contributed by atoms with E-state index in [0.717, 1.165) is 38.6 Å². The lowest BCUT2D eigenvalue weighted by Crippen LogP contribution is -2.37. The van der Waals surface area contributed by atoms with Gasteiger partial charge in [0.2, 0.25) is 0 Å². The Morgan fingerprint density at radius 1 is 1.50 bits per heavy atom. The zero-order valence-corrected chi connectivity index (χ0v) is 12.8. The largest absolute Gasteiger partial charge is 0.384 e. The van der Waals surface area contributed by atoms with Gasteiger partial charge in [0, 0.05) is 32.9 Å². The van der Waals surface area contributed by atoms with Gasteiger partial charge in [-0.15, -0.1) is 0 Å². The Labute approximate surface area is 122 Å². The third kappa shape index (κ3) is 4.46. The van der Waals surface area contributed by atoms with Crippen molar-refractivity contribution in [2.75, 3.05) is 38.3 Å². The highest BCUT2D eigenvalue weighted by Gasteiger charge is 2.20. The summed E-state index contributed by atoms with van der Waals surface area (Å²) in [5, 5.41) is 3.44. The third-order valence-corrected chi connectivity index (χ3v) is 3.81. The Morgan fingerprint density at radius 3 is 3.20 bits per heavy atom. The van der Waals surface area contributed by atoms with Gasteiger partial charge in [0.1, 0.15) is 5.82 Å². The normalized spacial score (nSPS) is 19.3. The van der Waals surface area contributed by atoms with Crippen LogP contribution in [0, 0.1) is 5.92 Å². The van der Waals surface area contributed by atoms with Gasteiger partial charge in [-0.3, -0.25) is 0 Å². The Morgan fingerprint density at radius 2 is 2.40 bits per heavy atom. The van der Waals surface area contributed by atoms with E-state index in [1.807, 2.05) is 6.20 Å². The van der Waals surface area contributed by atoms with E-state index >= 15 is 0 Å². The molecule has 0 saturated carbocycles. The summed E-state index contributed by atoms with van der Waals surface area (Å²) in [7, 11) is 1.79. The van der Waals surface area contributed by atoms with E-state index in [9.17, 15) is 0 Å². The van der Waals surface area contributed by atoms with Gasteiger partial charge in [-0.1, -0.05) is 6.92 Å². The first-order chi connectivity index (χ1) is 9.83. The van der Waals surface area contributed by atoms with Gasteiger partial charge in [-0.2, -0.15) is 0 Å². The van der Waals surface area contributed by atoms with Gasteiger partial charge in [0.15, 0.2) is 0 Å². The molecule has 1 aromatic rings. The topological polar surface area (TPSA) is 37.4 Å². The highest BCUT2D eigenvalue weighted by atomic mass is 16.5. The molecule has 0 aromatic carbocycles. The van der Waals surface area contributed by atoms with E-state index in [4.69, 9.17) is 4.74 Å². The van der Waals surface area contributed by atoms with Gasteiger partial charge in [-0.05, 0) is 49.4 Å². The van der Waals surface area contributed by atoms with Crippen LogP contribution in [-0.2, 0) is 11.3 Å². The van der Waals surface area contributed by atoms with E-state index in [1.54, 1.807) is 7.11 Å². The molecule has 0 aliphatic carbocycles. The Bertz CT molecular complexity index is 395. The van der Waals surface area contributed by atoms with E-state index < -0.39 is 0 Å². The van der Waals surface area contributed by atoms with Crippen molar-refractivity contribution in [3.8, 4) is 0 Å². The van der Waals surface area contributed by atoms with Crippen molar-refractivity contribution >= 4 is 5.82 Å². The van der Waals surface area contributed by atoms with Crippen molar-refractivity contribution in [3.63, 3.8) is 0 Å². The molecule has 20 heavy (non-hydrogen) atoms. The number of anilines is 1. The van der Waals surface area contributed by atoms with Gasteiger partial charge in [0.05, 0.1) is 6.61 Å². The van der Waals surface area contributed by atoms with Crippen LogP contribution >= 0.6 is 0 Å². The second-order valence-corrected chi connectivity index (χ2v) is 5.61. The number of aromatic nitrogens is 1. The number of methoxy groups -OCH3 is 1. The fraction of sp³-hybridized carbons (Fsp3) is 0.688. The van der Waals surface area contributed by atoms with Crippen LogP contribution in [0.2, 0.25) is 0 Å². The van der Waals surface area contributed by atoms with E-state index in [-0.39, 0.29) is 0 Å². The molecule has 1 aliphatic rings. The standard InChI is InChI=1S/C16H27N3O/c1-3-7-17-11-14-6-8-18-16(10-14)19-9-4-5-15(12-19)13-20-2/h6,8,10,15,17H,3-5,7,9,11-13H2,1-2H3. The van der Waals surface area contributed by atoms with E-state index in [0.29, 0.717) is 5.92 Å². The number of nitrogens with zero attached hydrogens (tertiary/aromatic N) is 2. The molecule has 112 valence electrons. The fourth-order valence-electron chi connectivity index (χ4n) is 2.80. The second-order valence-electron chi connectivity index (χ2n) is 5.61. The molecule has 1 aliphatic heterocycles. The van der Waals surface area contributed by atoms with Crippen LogP contribution in [0.3, 0.4) is 0 Å². The Kier molecular flexibility index (Phi) is 6.27. The molecule has 1 aromatic heterocycles. The van der Waals surface area contributed by atoms with Crippen molar-refractivity contribution in [2.45, 2.75) is 32.7 Å². The smallest absolute Gasteiger partial charge is 0.128 e. The molecule has 0 amide bonds. The lowest BCUT2D eigenvalue weighted by molar-refractivity contribution is 0.143. The van der Waals surface area contributed by atoms with Crippen LogP contribution in [0.1, 0.15) is 31.7 Å². The molecular weight excluding hydrogens is 250 g/mol. The number of ether oxygens (including phenoxy) is 1. The quantitative estimate of drug-likeness (QED) is 0.777. The van der Waals surface area contributed by atoms with Crippen LogP contribution in [0.4, 0.5) is 5.82 Å². The maximum Gasteiger partial charge on any atom is 0.128 e. The highest BCUT2D eigenvalue weighted by Crippen LogP contribution is 2.22. The van der Waals surface area contributed by atoms with Gasteiger partial charge in [-0.25, -0.2) is 4.98 Å². The van der Waals surface area contributed by atoms with E-state index in [1.165, 1.54) is 24.8 Å². The number of rotatable bonds is 7. The summed E-state index contributed by atoms with van der Waals surface area (Å²) in [5.41, 5.74) is 1.32. The van der Waals surface area contributed by atoms with E-state index in [2.05, 4.69) is 34.3 Å². The summed E-state index contributed by atoms with van der Waals surface area (Å²) in [5.74, 6) is 1.75. The van der Waals surface area contributed by atoms with Gasteiger partial charge < -0.3 is 15.0 Å². The summed E-state index contributed by atoms with van der Waals surface area (Å²) >= 11 is 0. The van der Waals surface area contributed by atoms with Crippen LogP contribution in [0.25, 0.3) is 0 Å². The summed E-state index contributed by atoms with van der Waals surface area (Å²) in [6.07, 6.45) is 5.59. The van der Waals surface area contributed by atoms with Gasteiger partial charge >= 0.3 is 0 Å². The second kappa shape index (κ2) is 8.22. The van der Waals surface area contributed by atoms with Crippen molar-refractivity contribution in [3.05, 3.63) is 23.9 Å². The predicted molar refractivity (Wildman–Crippen MR) is 83.0 cm³/mol. The Hall–Kier alpha value is -1.13. The molecule has 4 nitrogen and oxygen atoms in total. The average Bonchev–Trinajstić information content (AvgIpc) is 2.49. The molecule has 0 bridgehead atoms. The molecule has 4 heteroatoms. The van der Waals surface area contributed by atoms with Crippen molar-refractivity contribution in [1.82, 2.24) is 10.3 Å². The fourth-order valence-corrected chi connectivity index (χ4v) is 2.80. The summed E-state index contributed by atoms with van der Waals surface area (Å²) in [6, 6.07) is 4.32. The number of piperidine rings is 1. The van der Waals surface area contributed by atoms with Crippen molar-refractivity contribution in [1.29, 1.82) is 0 Å². The summed E-state index contributed by atoms with van der Waals surface area (Å²) in [6.45, 7) is 7.21. The maximum absolute atomic E-state index is 5.30. The number of pyridine rings is 1. The van der Waals surface area contributed by atoms with Crippen LogP contribution < -0.4 is 10.2 Å². The summed E-state index contributed by atoms with van der Waals surface area (Å²) < 4.78 is 5.30. The monoisotopic (exact) mass is 277 g/mol. The van der Waals surface area contributed by atoms with Crippen LogP contribution in [0.15, 0.2) is 18.3 Å². The van der Waals surface area contributed by atoms with Gasteiger partial charge in [0.25, 0.3) is 0 Å². The molecule has 0 spiro atoms. The predicted octanol–water partition coefficient (Wildman–Crippen LogP) is 2.44. The minimum absolute atomic E-state index is 0.637. The molecule has 2 heterocycles. The minimum Gasteiger partial charge on any atom is -0.384 e. The first-order valence-corrected chi connectivity index (χ1v) is 7.73. The zero-order valence-electron chi connectivity index (χ0n) is 12.8. The molecule has 1 fully saturated rings. The lowest BCUT2D eigenvalue weighted by atomic mass is 9.99. The zero-order chi connectivity index (χ0) is 14.2. The number of hydrogen-bond donors (Lipinski definition) is 1. The lowest BCUT2D eigenvalue weighted by Gasteiger charge is -2.33. The number of nitrogens with one attached hydrogen (secondary N) is 1. The molecule has 2 rings (SSSR count). The summed E-state index contributed by atoms with van der Waals surface area (Å²) in [4.78, 5) is 6.94. The minimum atomic E-state index is 0.637. The molecule has 1 atom stereocenters. The highest BCUT2D eigenvalue weighted by molar-refractivity contribution is 5.41. The molecule has 1 saturated heterocycles. The first kappa shape index (κ1) is 15.3. The first-order valence-electron chi connectivity index (χ1n) is 7.73. The molecule has 1 N–H and O–H groups in total. The maximum atomic E-state index is 5.30. The SMILES string of the molecule is CCCNCc1ccnc(N2CCCC(COC)C2)c1. The molecular formula is C16H27N3O. The Balaban J connectivity index is 1.95. The van der Waals surface area contributed by atoms with Crippen molar-refractivity contribution < 1.29 is 4.74 Å². The average molecular weight is 277 g/mol. The number of hydrogen-bond acceptors (Lipinski definition) is 4. The van der Waals surface area contributed by atoms with Crippen LogP contribution in [-0.4, -0.2) is 38.3 Å². The van der Waals surface area contributed by atoms with Crippen LogP contribution in [0.5, 0.6) is 0 Å². The molecule has 0 radical (unpaired) electrons. The van der Waals surface area contributed by atoms with Crippen molar-refractivity contribution in [2.24, 2.45) is 5.92 Å². The third-order valence-electron chi connectivity index (χ3n) is 3.81. The molecule has 1 unspecified atom stereocenters.